The van der Waals surface area contributed by atoms with Crippen molar-refractivity contribution in [1.29, 1.82) is 0 Å². The summed E-state index contributed by atoms with van der Waals surface area (Å²) in [5.41, 5.74) is 6.86. The van der Waals surface area contributed by atoms with Gasteiger partial charge in [0.05, 0.1) is 30.3 Å². The lowest BCUT2D eigenvalue weighted by Crippen LogP contribution is -2.39. The highest BCUT2D eigenvalue weighted by Gasteiger charge is 2.42. The summed E-state index contributed by atoms with van der Waals surface area (Å²) in [7, 11) is 1.44. The number of nitrogens with two attached hydrogens (primary N) is 1. The molecular weight excluding hydrogens is 569 g/mol. The predicted octanol–water partition coefficient (Wildman–Crippen LogP) is 5.31. The lowest BCUT2D eigenvalue weighted by atomic mass is 9.80. The zero-order chi connectivity index (χ0) is 28.0. The average Bonchev–Trinajstić information content (AvgIpc) is 2.89. The Morgan fingerprint density at radius 1 is 1.05 bits per heavy atom. The van der Waals surface area contributed by atoms with Crippen molar-refractivity contribution in [3.8, 4) is 0 Å². The standard InChI is InChI=1S/C27H28BrF3N2O5/c1-4-37-25(34)21-16(2)33(20-7-5-6-18(14-20)27(30,31)15-29)24(32)23(26(35)38-13-12-36-3)22(21)17-8-10-19(28)11-9-17/h5-11,14,22H,4,12-13,15,32H2,1-3H3. The van der Waals surface area contributed by atoms with Crippen molar-refractivity contribution < 1.29 is 37.0 Å². The van der Waals surface area contributed by atoms with Gasteiger partial charge < -0.3 is 24.8 Å². The minimum absolute atomic E-state index is 0.0493. The average molecular weight is 597 g/mol. The molecule has 0 saturated carbocycles. The number of carbonyl (C=O) groups is 2. The fourth-order valence-corrected chi connectivity index (χ4v) is 4.45. The third kappa shape index (κ3) is 6.05. The smallest absolute Gasteiger partial charge is 0.338 e. The Balaban J connectivity index is 2.29. The number of halogens is 4. The van der Waals surface area contributed by atoms with Crippen LogP contribution in [-0.4, -0.2) is 45.5 Å². The largest absolute Gasteiger partial charge is 0.463 e. The van der Waals surface area contributed by atoms with E-state index in [0.29, 0.717) is 5.56 Å². The van der Waals surface area contributed by atoms with Crippen LogP contribution in [0, 0.1) is 0 Å². The van der Waals surface area contributed by atoms with Crippen LogP contribution in [-0.2, 0) is 29.7 Å². The number of ether oxygens (including phenoxy) is 3. The van der Waals surface area contributed by atoms with Crippen LogP contribution in [0.25, 0.3) is 0 Å². The van der Waals surface area contributed by atoms with Crippen molar-refractivity contribution in [2.75, 3.05) is 38.5 Å². The second-order valence-corrected chi connectivity index (χ2v) is 9.27. The molecule has 3 rings (SSSR count). The second kappa shape index (κ2) is 12.5. The van der Waals surface area contributed by atoms with E-state index in [9.17, 15) is 22.8 Å². The maximum atomic E-state index is 14.2. The minimum Gasteiger partial charge on any atom is -0.463 e. The number of hydrogen-bond donors (Lipinski definition) is 1. The number of esters is 2. The number of alkyl halides is 3. The van der Waals surface area contributed by atoms with Crippen molar-refractivity contribution in [2.45, 2.75) is 25.7 Å². The first kappa shape index (κ1) is 29.2. The molecule has 0 amide bonds. The van der Waals surface area contributed by atoms with Gasteiger partial charge in [0.15, 0.2) is 6.67 Å². The van der Waals surface area contributed by atoms with Gasteiger partial charge in [-0.05, 0) is 43.7 Å². The van der Waals surface area contributed by atoms with Crippen molar-refractivity contribution >= 4 is 33.6 Å². The molecule has 1 aliphatic rings. The number of carbonyl (C=O) groups excluding carboxylic acids is 2. The van der Waals surface area contributed by atoms with Crippen molar-refractivity contribution in [3.05, 3.63) is 86.8 Å². The summed E-state index contributed by atoms with van der Waals surface area (Å²) >= 11 is 3.37. The molecule has 2 aromatic rings. The summed E-state index contributed by atoms with van der Waals surface area (Å²) in [6.45, 7) is 1.38. The quantitative estimate of drug-likeness (QED) is 0.293. The molecule has 0 fully saturated rings. The molecule has 38 heavy (non-hydrogen) atoms. The predicted molar refractivity (Wildman–Crippen MR) is 139 cm³/mol. The van der Waals surface area contributed by atoms with Gasteiger partial charge in [-0.2, -0.15) is 8.78 Å². The highest BCUT2D eigenvalue weighted by Crippen LogP contribution is 2.44. The van der Waals surface area contributed by atoms with Crippen LogP contribution in [0.1, 0.15) is 30.9 Å². The van der Waals surface area contributed by atoms with Crippen molar-refractivity contribution in [2.24, 2.45) is 5.73 Å². The Morgan fingerprint density at radius 3 is 2.32 bits per heavy atom. The first-order valence-corrected chi connectivity index (χ1v) is 12.5. The molecule has 2 N–H and O–H groups in total. The van der Waals surface area contributed by atoms with Gasteiger partial charge >= 0.3 is 17.9 Å². The van der Waals surface area contributed by atoms with Gasteiger partial charge in [0.1, 0.15) is 12.4 Å². The molecule has 0 bridgehead atoms. The number of anilines is 1. The zero-order valence-corrected chi connectivity index (χ0v) is 22.7. The van der Waals surface area contributed by atoms with E-state index in [1.165, 1.54) is 24.1 Å². The fraction of sp³-hybridized carbons (Fsp3) is 0.333. The van der Waals surface area contributed by atoms with Crippen molar-refractivity contribution in [3.63, 3.8) is 0 Å². The van der Waals surface area contributed by atoms with Gasteiger partial charge in [-0.1, -0.05) is 40.2 Å². The summed E-state index contributed by atoms with van der Waals surface area (Å²) in [4.78, 5) is 28.0. The molecular formula is C27H28BrF3N2O5. The van der Waals surface area contributed by atoms with E-state index in [0.717, 1.165) is 16.6 Å². The third-order valence-electron chi connectivity index (χ3n) is 5.95. The number of methoxy groups -OCH3 is 1. The second-order valence-electron chi connectivity index (χ2n) is 8.36. The van der Waals surface area contributed by atoms with Crippen LogP contribution in [0.15, 0.2) is 75.7 Å². The molecule has 2 aromatic carbocycles. The molecule has 0 aromatic heterocycles. The lowest BCUT2D eigenvalue weighted by Gasteiger charge is -2.37. The van der Waals surface area contributed by atoms with Gasteiger partial charge in [-0.25, -0.2) is 14.0 Å². The Labute approximate surface area is 227 Å². The number of nitrogens with zero attached hydrogens (tertiary/aromatic N) is 1. The molecule has 7 nitrogen and oxygen atoms in total. The molecule has 1 aliphatic heterocycles. The highest BCUT2D eigenvalue weighted by atomic mass is 79.9. The Kier molecular flexibility index (Phi) is 9.61. The molecule has 204 valence electrons. The molecule has 11 heteroatoms. The van der Waals surface area contributed by atoms with Gasteiger partial charge in [-0.3, -0.25) is 0 Å². The van der Waals surface area contributed by atoms with Crippen LogP contribution in [0.2, 0.25) is 0 Å². The number of benzene rings is 2. The number of hydrogen-bond acceptors (Lipinski definition) is 7. The van der Waals surface area contributed by atoms with E-state index in [1.54, 1.807) is 38.1 Å². The minimum atomic E-state index is -3.74. The molecule has 0 aliphatic carbocycles. The van der Waals surface area contributed by atoms with Gasteiger partial charge in [0.2, 0.25) is 0 Å². The Morgan fingerprint density at radius 2 is 1.71 bits per heavy atom. The highest BCUT2D eigenvalue weighted by molar-refractivity contribution is 9.10. The van der Waals surface area contributed by atoms with Gasteiger partial charge in [0.25, 0.3) is 0 Å². The Hall–Kier alpha value is -3.31. The topological polar surface area (TPSA) is 91.1 Å². The van der Waals surface area contributed by atoms with E-state index >= 15 is 0 Å². The maximum Gasteiger partial charge on any atom is 0.338 e. The molecule has 0 radical (unpaired) electrons. The summed E-state index contributed by atoms with van der Waals surface area (Å²) in [6.07, 6.45) is 0. The summed E-state index contributed by atoms with van der Waals surface area (Å²) < 4.78 is 57.9. The van der Waals surface area contributed by atoms with Crippen molar-refractivity contribution in [1.82, 2.24) is 0 Å². The monoisotopic (exact) mass is 596 g/mol. The van der Waals surface area contributed by atoms with Crippen LogP contribution in [0.4, 0.5) is 18.9 Å². The fourth-order valence-electron chi connectivity index (χ4n) is 4.19. The summed E-state index contributed by atoms with van der Waals surface area (Å²) in [5, 5.41) is 0. The van der Waals surface area contributed by atoms with Crippen LogP contribution >= 0.6 is 15.9 Å². The Bertz CT molecular complexity index is 1250. The zero-order valence-electron chi connectivity index (χ0n) is 21.1. The first-order valence-electron chi connectivity index (χ1n) is 11.7. The van der Waals surface area contributed by atoms with E-state index in [2.05, 4.69) is 15.9 Å². The molecule has 0 saturated heterocycles. The van der Waals surface area contributed by atoms with Gasteiger partial charge in [-0.15, -0.1) is 0 Å². The van der Waals surface area contributed by atoms with Crippen LogP contribution in [0.3, 0.4) is 0 Å². The summed E-state index contributed by atoms with van der Waals surface area (Å²) in [5.74, 6) is -6.40. The van der Waals surface area contributed by atoms with E-state index < -0.39 is 36.0 Å². The van der Waals surface area contributed by atoms with Crippen LogP contribution in [0.5, 0.6) is 0 Å². The molecule has 1 unspecified atom stereocenters. The summed E-state index contributed by atoms with van der Waals surface area (Å²) in [6, 6.07) is 11.8. The lowest BCUT2D eigenvalue weighted by molar-refractivity contribution is -0.140. The van der Waals surface area contributed by atoms with Gasteiger partial charge in [0, 0.05) is 28.5 Å². The normalized spacial score (nSPS) is 16.1. The van der Waals surface area contributed by atoms with E-state index in [-0.39, 0.29) is 48.2 Å². The third-order valence-corrected chi connectivity index (χ3v) is 6.48. The maximum absolute atomic E-state index is 14.2. The van der Waals surface area contributed by atoms with E-state index in [4.69, 9.17) is 19.9 Å². The number of allylic oxidation sites excluding steroid dienone is 1. The first-order chi connectivity index (χ1) is 18.1. The molecule has 1 atom stereocenters. The van der Waals surface area contributed by atoms with Crippen LogP contribution < -0.4 is 10.6 Å². The number of rotatable bonds is 10. The molecule has 1 heterocycles. The molecule has 0 spiro atoms. The van der Waals surface area contributed by atoms with E-state index in [1.807, 2.05) is 0 Å². The SMILES string of the molecule is CCOC(=O)C1=C(C)N(c2cccc(C(F)(F)CF)c2)C(N)=C(C(=O)OCCOC)C1c1ccc(Br)cc1.